The molecule has 1 aromatic heterocycles. The van der Waals surface area contributed by atoms with E-state index in [9.17, 15) is 10.1 Å². The molecule has 1 saturated heterocycles. The molecule has 7 heteroatoms. The lowest BCUT2D eigenvalue weighted by atomic mass is 10.2. The van der Waals surface area contributed by atoms with Gasteiger partial charge in [-0.15, -0.1) is 0 Å². The summed E-state index contributed by atoms with van der Waals surface area (Å²) in [7, 11) is 2.09. The van der Waals surface area contributed by atoms with Crippen LogP contribution in [0.3, 0.4) is 0 Å². The third-order valence-electron chi connectivity index (χ3n) is 3.98. The largest absolute Gasteiger partial charge is 0.369 e. The predicted molar refractivity (Wildman–Crippen MR) is 96.0 cm³/mol. The second-order valence-corrected chi connectivity index (χ2v) is 5.68. The highest BCUT2D eigenvalue weighted by atomic mass is 16.6. The second-order valence-electron chi connectivity index (χ2n) is 5.68. The molecule has 0 bridgehead atoms. The molecular weight excluding hydrogens is 306 g/mol. The van der Waals surface area contributed by atoms with Crippen LogP contribution in [0, 0.1) is 17.0 Å². The molecule has 0 spiro atoms. The zero-order valence-corrected chi connectivity index (χ0v) is 14.8. The molecule has 130 valence electrons. The molecule has 0 N–H and O–H groups in total. The van der Waals surface area contributed by atoms with Gasteiger partial charge in [0.15, 0.2) is 0 Å². The number of nitro groups is 1. The Morgan fingerprint density at radius 2 is 1.71 bits per heavy atom. The highest BCUT2D eigenvalue weighted by Crippen LogP contribution is 2.27. The lowest BCUT2D eigenvalue weighted by molar-refractivity contribution is -0.384. The molecule has 0 amide bonds. The van der Waals surface area contributed by atoms with Crippen LogP contribution in [0.1, 0.15) is 19.5 Å². The predicted octanol–water partition coefficient (Wildman–Crippen LogP) is 2.87. The van der Waals surface area contributed by atoms with Crippen molar-refractivity contribution in [3.63, 3.8) is 0 Å². The third-order valence-corrected chi connectivity index (χ3v) is 3.98. The van der Waals surface area contributed by atoms with Crippen molar-refractivity contribution in [3.8, 4) is 5.69 Å². The zero-order chi connectivity index (χ0) is 17.7. The Hall–Kier alpha value is -2.41. The van der Waals surface area contributed by atoms with Crippen LogP contribution in [0.25, 0.3) is 5.69 Å². The van der Waals surface area contributed by atoms with E-state index in [1.807, 2.05) is 37.6 Å². The smallest absolute Gasteiger partial charge is 0.273 e. The third kappa shape index (κ3) is 4.11. The van der Waals surface area contributed by atoms with Gasteiger partial charge in [0.25, 0.3) is 5.69 Å². The van der Waals surface area contributed by atoms with Crippen molar-refractivity contribution in [2.45, 2.75) is 20.8 Å². The Bertz CT molecular complexity index is 690. The zero-order valence-electron chi connectivity index (χ0n) is 14.8. The minimum Gasteiger partial charge on any atom is -0.369 e. The van der Waals surface area contributed by atoms with E-state index in [1.165, 1.54) is 0 Å². The van der Waals surface area contributed by atoms with Crippen molar-refractivity contribution in [1.29, 1.82) is 0 Å². The molecule has 24 heavy (non-hydrogen) atoms. The summed E-state index contributed by atoms with van der Waals surface area (Å²) in [6.45, 7) is 9.57. The molecule has 0 saturated carbocycles. The number of likely N-dealkylation sites (N-methyl/N-ethyl adjacent to an activating group) is 1. The first-order valence-electron chi connectivity index (χ1n) is 8.27. The van der Waals surface area contributed by atoms with Gasteiger partial charge >= 0.3 is 0 Å². The van der Waals surface area contributed by atoms with E-state index in [0.29, 0.717) is 0 Å². The SMILES string of the molecule is CC.Cc1cn(-c2cc(N3CCN(C)CC3)cc([N+](=O)[O-])c2)cn1. The van der Waals surface area contributed by atoms with Crippen LogP contribution >= 0.6 is 0 Å². The van der Waals surface area contributed by atoms with Gasteiger partial charge in [0.1, 0.15) is 0 Å². The van der Waals surface area contributed by atoms with Crippen LogP contribution in [-0.2, 0) is 0 Å². The van der Waals surface area contributed by atoms with Gasteiger partial charge in [-0.3, -0.25) is 10.1 Å². The summed E-state index contributed by atoms with van der Waals surface area (Å²) >= 11 is 0. The van der Waals surface area contributed by atoms with Crippen molar-refractivity contribution >= 4 is 11.4 Å². The highest BCUT2D eigenvalue weighted by molar-refractivity contribution is 5.60. The van der Waals surface area contributed by atoms with Gasteiger partial charge in [0, 0.05) is 50.2 Å². The fourth-order valence-corrected chi connectivity index (χ4v) is 2.64. The van der Waals surface area contributed by atoms with E-state index in [1.54, 1.807) is 18.5 Å². The summed E-state index contributed by atoms with van der Waals surface area (Å²) in [6, 6.07) is 5.22. The molecule has 0 unspecified atom stereocenters. The maximum atomic E-state index is 11.2. The Labute approximate surface area is 142 Å². The molecule has 1 aliphatic heterocycles. The normalized spacial score (nSPS) is 14.9. The number of rotatable bonds is 3. The average Bonchev–Trinajstić information content (AvgIpc) is 3.03. The van der Waals surface area contributed by atoms with E-state index in [-0.39, 0.29) is 10.6 Å². The molecule has 0 aliphatic carbocycles. The number of aryl methyl sites for hydroxylation is 1. The van der Waals surface area contributed by atoms with Gasteiger partial charge in [-0.05, 0) is 20.0 Å². The summed E-state index contributed by atoms with van der Waals surface area (Å²) in [5, 5.41) is 11.2. The van der Waals surface area contributed by atoms with Crippen LogP contribution in [-0.4, -0.2) is 52.6 Å². The number of hydrogen-bond acceptors (Lipinski definition) is 5. The number of aromatic nitrogens is 2. The Balaban J connectivity index is 0.00000100. The minimum atomic E-state index is -0.340. The summed E-state index contributed by atoms with van der Waals surface area (Å²) in [5.41, 5.74) is 2.65. The lowest BCUT2D eigenvalue weighted by Crippen LogP contribution is -2.44. The summed E-state index contributed by atoms with van der Waals surface area (Å²) in [4.78, 5) is 19.5. The Morgan fingerprint density at radius 3 is 2.25 bits per heavy atom. The van der Waals surface area contributed by atoms with Crippen LogP contribution in [0.15, 0.2) is 30.7 Å². The Kier molecular flexibility index (Phi) is 5.92. The maximum Gasteiger partial charge on any atom is 0.273 e. The fourth-order valence-electron chi connectivity index (χ4n) is 2.64. The van der Waals surface area contributed by atoms with E-state index in [0.717, 1.165) is 43.2 Å². The molecular formula is C17H25N5O2. The monoisotopic (exact) mass is 331 g/mol. The summed E-state index contributed by atoms with van der Waals surface area (Å²) < 4.78 is 1.82. The number of hydrogen-bond donors (Lipinski definition) is 0. The number of non-ortho nitro benzene ring substituents is 1. The number of anilines is 1. The van der Waals surface area contributed by atoms with Gasteiger partial charge in [0.2, 0.25) is 0 Å². The second kappa shape index (κ2) is 7.92. The van der Waals surface area contributed by atoms with Gasteiger partial charge in [0.05, 0.1) is 22.6 Å². The van der Waals surface area contributed by atoms with Crippen molar-refractivity contribution < 1.29 is 4.92 Å². The van der Waals surface area contributed by atoms with Crippen molar-refractivity contribution in [3.05, 3.63) is 46.5 Å². The molecule has 0 atom stereocenters. The van der Waals surface area contributed by atoms with Gasteiger partial charge in [-0.1, -0.05) is 13.8 Å². The molecule has 1 fully saturated rings. The van der Waals surface area contributed by atoms with Crippen LogP contribution in [0.2, 0.25) is 0 Å². The molecule has 0 radical (unpaired) electrons. The van der Waals surface area contributed by atoms with Crippen LogP contribution in [0.4, 0.5) is 11.4 Å². The lowest BCUT2D eigenvalue weighted by Gasteiger charge is -2.34. The van der Waals surface area contributed by atoms with Gasteiger partial charge < -0.3 is 14.4 Å². The summed E-state index contributed by atoms with van der Waals surface area (Å²) in [5.74, 6) is 0. The molecule has 2 aromatic rings. The topological polar surface area (TPSA) is 67.4 Å². The number of imidazole rings is 1. The van der Waals surface area contributed by atoms with Crippen molar-refractivity contribution in [2.24, 2.45) is 0 Å². The Morgan fingerprint density at radius 1 is 1.08 bits per heavy atom. The number of piperazine rings is 1. The number of benzene rings is 1. The van der Waals surface area contributed by atoms with E-state index < -0.39 is 0 Å². The first-order chi connectivity index (χ1) is 11.5. The molecule has 2 heterocycles. The number of nitrogens with zero attached hydrogens (tertiary/aromatic N) is 5. The van der Waals surface area contributed by atoms with E-state index in [2.05, 4.69) is 21.8 Å². The molecule has 3 rings (SSSR count). The highest BCUT2D eigenvalue weighted by Gasteiger charge is 2.18. The van der Waals surface area contributed by atoms with Crippen molar-refractivity contribution in [2.75, 3.05) is 38.1 Å². The van der Waals surface area contributed by atoms with E-state index >= 15 is 0 Å². The quantitative estimate of drug-likeness (QED) is 0.639. The number of nitro benzene ring substituents is 1. The molecule has 7 nitrogen and oxygen atoms in total. The van der Waals surface area contributed by atoms with Crippen LogP contribution < -0.4 is 4.90 Å². The van der Waals surface area contributed by atoms with Gasteiger partial charge in [-0.2, -0.15) is 0 Å². The maximum absolute atomic E-state index is 11.2. The first kappa shape index (κ1) is 17.9. The van der Waals surface area contributed by atoms with Gasteiger partial charge in [-0.25, -0.2) is 4.98 Å². The van der Waals surface area contributed by atoms with E-state index in [4.69, 9.17) is 0 Å². The van der Waals surface area contributed by atoms with Crippen LogP contribution in [0.5, 0.6) is 0 Å². The summed E-state index contributed by atoms with van der Waals surface area (Å²) in [6.07, 6.45) is 3.55. The standard InChI is InChI=1S/C15H19N5O2.C2H6/c1-12-10-19(11-16-12)14-7-13(8-15(9-14)20(21)22)18-5-3-17(2)4-6-18;1-2/h7-11H,3-6H2,1-2H3;1-2H3. The molecule has 1 aliphatic rings. The minimum absolute atomic E-state index is 0.109. The molecule has 1 aromatic carbocycles. The average molecular weight is 331 g/mol. The first-order valence-corrected chi connectivity index (χ1v) is 8.27. The van der Waals surface area contributed by atoms with Crippen molar-refractivity contribution in [1.82, 2.24) is 14.5 Å². The fraction of sp³-hybridized carbons (Fsp3) is 0.471.